The number of aromatic amines is 1. The first-order valence-electron chi connectivity index (χ1n) is 18.0. The number of phosphoric ester groups is 1. The molecule has 3 aromatic heterocycles. The molecular formula is C35H37F2N7O14P2S. The minimum atomic E-state index is -5.23. The molecule has 0 amide bonds. The molecule has 0 radical (unpaired) electrons. The number of esters is 1. The fourth-order valence-corrected chi connectivity index (χ4v) is 10.0. The molecule has 326 valence electrons. The van der Waals surface area contributed by atoms with Crippen LogP contribution in [0.2, 0.25) is 0 Å². The normalized spacial score (nSPS) is 24.6. The van der Waals surface area contributed by atoms with Crippen molar-refractivity contribution in [3.05, 3.63) is 105 Å². The third-order valence-corrected chi connectivity index (χ3v) is 14.1. The highest BCUT2D eigenvalue weighted by atomic mass is 32.7. The molecule has 5 heterocycles. The summed E-state index contributed by atoms with van der Waals surface area (Å²) in [4.78, 5) is 61.6. The second kappa shape index (κ2) is 18.6. The van der Waals surface area contributed by atoms with Crippen molar-refractivity contribution >= 4 is 49.0 Å². The van der Waals surface area contributed by atoms with Gasteiger partial charge >= 0.3 is 26.3 Å². The average molecular weight is 912 g/mol. The summed E-state index contributed by atoms with van der Waals surface area (Å²) < 4.78 is 103. The van der Waals surface area contributed by atoms with Gasteiger partial charge in [-0.2, -0.15) is 0 Å². The van der Waals surface area contributed by atoms with Crippen molar-refractivity contribution in [2.24, 2.45) is 0 Å². The zero-order chi connectivity index (χ0) is 43.5. The number of carbonyl (C=O) groups is 1. The molecular weight excluding hydrogens is 874 g/mol. The Hall–Kier alpha value is -4.87. The Kier molecular flexibility index (Phi) is 13.5. The predicted molar refractivity (Wildman–Crippen MR) is 210 cm³/mol. The Labute approximate surface area is 347 Å². The molecule has 7 rings (SSSR count). The molecule has 0 saturated carbocycles. The smallest absolute Gasteiger partial charge is 0.472 e. The van der Waals surface area contributed by atoms with Gasteiger partial charge in [0.25, 0.3) is 5.56 Å². The van der Waals surface area contributed by atoms with Gasteiger partial charge in [0, 0.05) is 31.5 Å². The molecule has 9 atom stereocenters. The van der Waals surface area contributed by atoms with E-state index in [1.807, 2.05) is 4.98 Å². The van der Waals surface area contributed by atoms with E-state index in [2.05, 4.69) is 15.0 Å². The van der Waals surface area contributed by atoms with Crippen LogP contribution in [-0.4, -0.2) is 98.0 Å². The number of benzene rings is 2. The van der Waals surface area contributed by atoms with Crippen LogP contribution in [0.25, 0.3) is 11.2 Å². The van der Waals surface area contributed by atoms with Crippen LogP contribution < -0.4 is 26.5 Å². The van der Waals surface area contributed by atoms with Crippen LogP contribution in [-0.2, 0) is 42.5 Å². The number of ether oxygens (including phenoxy) is 4. The molecule has 0 spiro atoms. The van der Waals surface area contributed by atoms with E-state index in [0.29, 0.717) is 21.4 Å². The maximum atomic E-state index is 16.2. The van der Waals surface area contributed by atoms with Gasteiger partial charge in [0.1, 0.15) is 41.7 Å². The monoisotopic (exact) mass is 911 g/mol. The van der Waals surface area contributed by atoms with Crippen LogP contribution in [0, 0.1) is 0 Å². The van der Waals surface area contributed by atoms with E-state index in [1.54, 1.807) is 36.4 Å². The zero-order valence-corrected chi connectivity index (χ0v) is 34.5. The number of imidazole rings is 1. The highest BCUT2D eigenvalue weighted by molar-refractivity contribution is 8.54. The summed E-state index contributed by atoms with van der Waals surface area (Å²) in [5.74, 6) is 0.326. The standard InChI is InChI=1S/C35H37F2N7O14P2S/c1-51-21-9-5-20(6-10-21)34(46)56-22-7-3-19(4-8-22)16-61-60(50,52-2)54-15-25-29(27(37)33(57-25)43-12-11-26(45)42-35(43)47)58-59(48,49)53-14-23-13-24(36)32(55-23)44-18-41-28-30(38)39-17-40-31(28)44/h3-12,17-18,23-25,27,29,32-33H,13-16H2,1-2H3,(H,48,49)(H2,38,39,40)(H,42,45,47)/t23-,24+,25+,27+,29+,32+,33+,60?/m0/s1. The number of anilines is 1. The molecule has 0 bridgehead atoms. The quantitative estimate of drug-likeness (QED) is 0.0668. The summed E-state index contributed by atoms with van der Waals surface area (Å²) in [5, 5.41) is 0. The summed E-state index contributed by atoms with van der Waals surface area (Å²) in [6.45, 7) is -5.52. The Balaban J connectivity index is 0.986. The summed E-state index contributed by atoms with van der Waals surface area (Å²) >= 11 is 0.734. The van der Waals surface area contributed by atoms with Crippen molar-refractivity contribution < 1.29 is 64.6 Å². The molecule has 5 aromatic rings. The van der Waals surface area contributed by atoms with E-state index in [-0.39, 0.29) is 34.9 Å². The maximum absolute atomic E-state index is 16.2. The maximum Gasteiger partial charge on any atom is 0.472 e. The van der Waals surface area contributed by atoms with Gasteiger partial charge in [0.05, 0.1) is 38.3 Å². The first-order valence-corrected chi connectivity index (χ1v) is 22.7. The van der Waals surface area contributed by atoms with Crippen LogP contribution >= 0.6 is 26.0 Å². The molecule has 21 nitrogen and oxygen atoms in total. The molecule has 2 fully saturated rings. The van der Waals surface area contributed by atoms with Gasteiger partial charge < -0.3 is 34.1 Å². The van der Waals surface area contributed by atoms with Crippen molar-refractivity contribution in [3.8, 4) is 11.5 Å². The van der Waals surface area contributed by atoms with Gasteiger partial charge in [-0.3, -0.25) is 32.5 Å². The fraction of sp³-hybridized carbons (Fsp3) is 0.371. The number of phosphoric acid groups is 1. The number of hydrogen-bond acceptors (Lipinski definition) is 18. The van der Waals surface area contributed by atoms with Gasteiger partial charge in [-0.05, 0) is 53.3 Å². The number of alkyl halides is 2. The van der Waals surface area contributed by atoms with Crippen molar-refractivity contribution in [2.45, 2.75) is 55.3 Å². The van der Waals surface area contributed by atoms with Crippen LogP contribution in [0.4, 0.5) is 14.6 Å². The summed E-state index contributed by atoms with van der Waals surface area (Å²) in [6, 6.07) is 13.5. The Morgan fingerprint density at radius 3 is 2.41 bits per heavy atom. The summed E-state index contributed by atoms with van der Waals surface area (Å²) in [6.07, 6.45) is -8.74. The van der Waals surface area contributed by atoms with E-state index >= 15 is 8.78 Å². The van der Waals surface area contributed by atoms with Gasteiger partial charge in [-0.25, -0.2) is 42.5 Å². The van der Waals surface area contributed by atoms with E-state index in [4.69, 9.17) is 42.8 Å². The van der Waals surface area contributed by atoms with Gasteiger partial charge in [0.15, 0.2) is 30.1 Å². The Bertz CT molecular complexity index is 2570. The molecule has 26 heteroatoms. The number of nitrogens with zero attached hydrogens (tertiary/aromatic N) is 5. The minimum Gasteiger partial charge on any atom is -0.497 e. The van der Waals surface area contributed by atoms with Gasteiger partial charge in [0.2, 0.25) is 0 Å². The highest BCUT2D eigenvalue weighted by Crippen LogP contribution is 2.61. The Morgan fingerprint density at radius 1 is 0.967 bits per heavy atom. The number of fused-ring (bicyclic) bond motifs is 1. The summed E-state index contributed by atoms with van der Waals surface area (Å²) in [5.41, 5.74) is 5.28. The molecule has 0 aliphatic carbocycles. The van der Waals surface area contributed by atoms with Crippen molar-refractivity contribution in [3.63, 3.8) is 0 Å². The molecule has 2 aromatic carbocycles. The van der Waals surface area contributed by atoms with Gasteiger partial charge in [-0.1, -0.05) is 12.1 Å². The number of carbonyl (C=O) groups excluding carboxylic acids is 1. The van der Waals surface area contributed by atoms with Gasteiger partial charge in [-0.15, -0.1) is 0 Å². The number of nitrogen functional groups attached to an aromatic ring is 1. The molecule has 2 saturated heterocycles. The van der Waals surface area contributed by atoms with Crippen molar-refractivity contribution in [1.82, 2.24) is 29.1 Å². The van der Waals surface area contributed by atoms with Crippen LogP contribution in [0.5, 0.6) is 11.5 Å². The van der Waals surface area contributed by atoms with E-state index in [0.717, 1.165) is 30.8 Å². The lowest BCUT2D eigenvalue weighted by Crippen LogP contribution is -2.36. The van der Waals surface area contributed by atoms with Crippen LogP contribution in [0.3, 0.4) is 0 Å². The number of H-pyrrole nitrogens is 1. The number of aromatic nitrogens is 6. The van der Waals surface area contributed by atoms with E-state index < -0.39 is 88.2 Å². The Morgan fingerprint density at radius 2 is 1.70 bits per heavy atom. The van der Waals surface area contributed by atoms with Crippen LogP contribution in [0.1, 0.15) is 34.8 Å². The third-order valence-electron chi connectivity index (χ3n) is 9.33. The zero-order valence-electron chi connectivity index (χ0n) is 31.9. The van der Waals surface area contributed by atoms with Crippen molar-refractivity contribution in [2.75, 3.05) is 33.2 Å². The van der Waals surface area contributed by atoms with E-state index in [9.17, 15) is 28.4 Å². The number of rotatable bonds is 17. The minimum absolute atomic E-state index is 0.0484. The molecule has 2 unspecified atom stereocenters. The fourth-order valence-electron chi connectivity index (χ4n) is 6.28. The van der Waals surface area contributed by atoms with E-state index in [1.165, 1.54) is 36.5 Å². The largest absolute Gasteiger partial charge is 0.497 e. The first kappa shape index (κ1) is 44.2. The summed E-state index contributed by atoms with van der Waals surface area (Å²) in [7, 11) is -2.63. The number of halogens is 2. The molecule has 61 heavy (non-hydrogen) atoms. The number of methoxy groups -OCH3 is 1. The lowest BCUT2D eigenvalue weighted by molar-refractivity contribution is -0.0504. The number of nitrogens with two attached hydrogens (primary N) is 1. The molecule has 4 N–H and O–H groups in total. The first-order chi connectivity index (χ1) is 29.2. The SMILES string of the molecule is COc1ccc(C(=O)Oc2ccc(CSP(=O)(OC)OC[C@H]3O[C@@H](n4ccc(=O)[nH]c4=O)[C@H](F)[C@@H]3OP(=O)(O)OC[C@@H]3C[C@@H](F)[C@H](n4cnc5c(N)ncnc54)O3)cc2)cc1. The second-order valence-electron chi connectivity index (χ2n) is 13.3. The van der Waals surface area contributed by atoms with Crippen LogP contribution in [0.15, 0.2) is 83.0 Å². The molecule has 2 aliphatic heterocycles. The average Bonchev–Trinajstić information content (AvgIpc) is 3.94. The molecule has 2 aliphatic rings. The topological polar surface area (TPSA) is 270 Å². The number of nitrogens with one attached hydrogen (secondary N) is 1. The van der Waals surface area contributed by atoms with Crippen molar-refractivity contribution in [1.29, 1.82) is 0 Å². The highest BCUT2D eigenvalue weighted by Gasteiger charge is 2.51. The lowest BCUT2D eigenvalue weighted by Gasteiger charge is -2.24. The number of hydrogen-bond donors (Lipinski definition) is 3. The lowest BCUT2D eigenvalue weighted by atomic mass is 10.1. The third kappa shape index (κ3) is 10.3. The second-order valence-corrected chi connectivity index (χ2v) is 18.9. The predicted octanol–water partition coefficient (Wildman–Crippen LogP) is 4.25.